The molecule has 0 aromatic heterocycles. The summed E-state index contributed by atoms with van der Waals surface area (Å²) in [6, 6.07) is 7.55. The lowest BCUT2D eigenvalue weighted by molar-refractivity contribution is -0.138. The van der Waals surface area contributed by atoms with Crippen molar-refractivity contribution in [1.29, 1.82) is 0 Å². The van der Waals surface area contributed by atoms with Crippen LogP contribution in [0.5, 0.6) is 0 Å². The highest BCUT2D eigenvalue weighted by Crippen LogP contribution is 2.31. The fourth-order valence-electron chi connectivity index (χ4n) is 3.39. The average Bonchev–Trinajstić information content (AvgIpc) is 2.74. The molecule has 5 nitrogen and oxygen atoms in total. The van der Waals surface area contributed by atoms with Gasteiger partial charge in [0.05, 0.1) is 17.2 Å². The van der Waals surface area contributed by atoms with Crippen LogP contribution in [-0.4, -0.2) is 29.1 Å². The zero-order valence-electron chi connectivity index (χ0n) is 17.2. The molecule has 2 aromatic carbocycles. The number of halogens is 6. The van der Waals surface area contributed by atoms with Gasteiger partial charge < -0.3 is 15.7 Å². The molecule has 0 spiro atoms. The standard InChI is InChI=1S/C22H21F6N3O2/c23-21(24,25)14-6-4-13(5-7-14)19(33)31-20(29-16-8-10-18(32)11-9-16)30-17-3-1-2-15(12-17)22(26,27)28/h1-7,12,16,18,32H,8-11H2,(H2,29,30,31,33)/t16-,18-. The Morgan fingerprint density at radius 3 is 2.06 bits per heavy atom. The molecule has 3 rings (SSSR count). The molecule has 1 aliphatic rings. The SMILES string of the molecule is O=C(/N=C(\Nc1cccc(C(F)(F)F)c1)N[C@H]1CC[C@H](O)CC1)c1ccc(C(F)(F)F)cc1. The minimum Gasteiger partial charge on any atom is -0.393 e. The topological polar surface area (TPSA) is 73.7 Å². The summed E-state index contributed by atoms with van der Waals surface area (Å²) in [5, 5.41) is 15.3. The van der Waals surface area contributed by atoms with Gasteiger partial charge in [0.1, 0.15) is 0 Å². The molecule has 11 heteroatoms. The number of aliphatic imine (C=N–C) groups is 1. The number of amides is 1. The summed E-state index contributed by atoms with van der Waals surface area (Å²) in [5.41, 5.74) is -1.93. The van der Waals surface area contributed by atoms with Gasteiger partial charge in [-0.15, -0.1) is 0 Å². The zero-order chi connectivity index (χ0) is 24.2. The molecular weight excluding hydrogens is 452 g/mol. The van der Waals surface area contributed by atoms with Crippen LogP contribution in [0.2, 0.25) is 0 Å². The minimum absolute atomic E-state index is 0.0205. The first-order chi connectivity index (χ1) is 15.4. The number of hydrogen-bond donors (Lipinski definition) is 3. The molecule has 0 unspecified atom stereocenters. The van der Waals surface area contributed by atoms with Crippen LogP contribution in [0.25, 0.3) is 0 Å². The van der Waals surface area contributed by atoms with Gasteiger partial charge in [-0.25, -0.2) is 0 Å². The molecule has 178 valence electrons. The lowest BCUT2D eigenvalue weighted by Crippen LogP contribution is -2.42. The predicted molar refractivity (Wildman–Crippen MR) is 110 cm³/mol. The van der Waals surface area contributed by atoms with E-state index in [1.165, 1.54) is 12.1 Å². The summed E-state index contributed by atoms with van der Waals surface area (Å²) in [6.07, 6.45) is -7.50. The Morgan fingerprint density at radius 1 is 0.879 bits per heavy atom. The third kappa shape index (κ3) is 6.95. The van der Waals surface area contributed by atoms with Gasteiger partial charge in [-0.2, -0.15) is 31.3 Å². The van der Waals surface area contributed by atoms with Crippen molar-refractivity contribution in [3.8, 4) is 0 Å². The number of hydrogen-bond acceptors (Lipinski definition) is 2. The normalized spacial score (nSPS) is 19.8. The maximum absolute atomic E-state index is 13.0. The number of nitrogens with one attached hydrogen (secondary N) is 2. The van der Waals surface area contributed by atoms with E-state index in [0.29, 0.717) is 25.7 Å². The van der Waals surface area contributed by atoms with E-state index in [1.807, 2.05) is 0 Å². The van der Waals surface area contributed by atoms with E-state index in [-0.39, 0.29) is 23.3 Å². The molecule has 0 atom stereocenters. The first kappa shape index (κ1) is 24.6. The van der Waals surface area contributed by atoms with Crippen molar-refractivity contribution < 1.29 is 36.2 Å². The zero-order valence-corrected chi connectivity index (χ0v) is 17.2. The molecule has 0 saturated heterocycles. The molecule has 2 aromatic rings. The monoisotopic (exact) mass is 473 g/mol. The highest BCUT2D eigenvalue weighted by Gasteiger charge is 2.31. The number of rotatable bonds is 3. The lowest BCUT2D eigenvalue weighted by Gasteiger charge is -2.27. The van der Waals surface area contributed by atoms with E-state index < -0.39 is 35.5 Å². The Kier molecular flexibility index (Phi) is 7.31. The molecule has 0 bridgehead atoms. The number of guanidine groups is 1. The van der Waals surface area contributed by atoms with E-state index in [4.69, 9.17) is 0 Å². The highest BCUT2D eigenvalue weighted by molar-refractivity contribution is 6.06. The molecule has 1 saturated carbocycles. The second-order valence-corrected chi connectivity index (χ2v) is 7.69. The number of nitrogens with zero attached hydrogens (tertiary/aromatic N) is 1. The largest absolute Gasteiger partial charge is 0.416 e. The molecular formula is C22H21F6N3O2. The van der Waals surface area contributed by atoms with Crippen molar-refractivity contribution in [3.63, 3.8) is 0 Å². The Bertz CT molecular complexity index is 994. The molecule has 0 radical (unpaired) electrons. The maximum atomic E-state index is 13.0. The smallest absolute Gasteiger partial charge is 0.393 e. The first-order valence-corrected chi connectivity index (χ1v) is 10.1. The molecule has 1 amide bonds. The molecule has 0 heterocycles. The van der Waals surface area contributed by atoms with Crippen LogP contribution in [0.3, 0.4) is 0 Å². The van der Waals surface area contributed by atoms with Gasteiger partial charge in [0.15, 0.2) is 0 Å². The Balaban J connectivity index is 1.84. The average molecular weight is 473 g/mol. The number of carbonyl (C=O) groups is 1. The molecule has 1 aliphatic carbocycles. The summed E-state index contributed by atoms with van der Waals surface area (Å²) in [4.78, 5) is 16.4. The lowest BCUT2D eigenvalue weighted by atomic mass is 9.93. The van der Waals surface area contributed by atoms with Gasteiger partial charge >= 0.3 is 12.4 Å². The van der Waals surface area contributed by atoms with Crippen LogP contribution in [0.15, 0.2) is 53.5 Å². The number of alkyl halides is 6. The van der Waals surface area contributed by atoms with Crippen molar-refractivity contribution in [1.82, 2.24) is 5.32 Å². The second-order valence-electron chi connectivity index (χ2n) is 7.69. The molecule has 1 fully saturated rings. The van der Waals surface area contributed by atoms with Gasteiger partial charge in [-0.1, -0.05) is 6.07 Å². The minimum atomic E-state index is -4.57. The van der Waals surface area contributed by atoms with Crippen LogP contribution < -0.4 is 10.6 Å². The summed E-state index contributed by atoms with van der Waals surface area (Å²) in [7, 11) is 0. The summed E-state index contributed by atoms with van der Waals surface area (Å²) < 4.78 is 77.3. The summed E-state index contributed by atoms with van der Waals surface area (Å²) in [5.74, 6) is -1.01. The highest BCUT2D eigenvalue weighted by atomic mass is 19.4. The van der Waals surface area contributed by atoms with Crippen molar-refractivity contribution in [2.24, 2.45) is 4.99 Å². The number of aliphatic hydroxyl groups excluding tert-OH is 1. The van der Waals surface area contributed by atoms with Gasteiger partial charge in [0, 0.05) is 17.3 Å². The van der Waals surface area contributed by atoms with Crippen LogP contribution in [0, 0.1) is 0 Å². The number of anilines is 1. The summed E-state index contributed by atoms with van der Waals surface area (Å²) in [6.45, 7) is 0. The fraction of sp³-hybridized carbons (Fsp3) is 0.364. The molecule has 33 heavy (non-hydrogen) atoms. The van der Waals surface area contributed by atoms with Crippen molar-refractivity contribution >= 4 is 17.6 Å². The van der Waals surface area contributed by atoms with Crippen LogP contribution in [0.4, 0.5) is 32.0 Å². The quantitative estimate of drug-likeness (QED) is 0.325. The van der Waals surface area contributed by atoms with Crippen molar-refractivity contribution in [2.45, 2.75) is 50.2 Å². The second kappa shape index (κ2) is 9.82. The number of carbonyl (C=O) groups excluding carboxylic acids is 1. The van der Waals surface area contributed by atoms with Gasteiger partial charge in [-0.3, -0.25) is 4.79 Å². The third-order valence-electron chi connectivity index (χ3n) is 5.16. The maximum Gasteiger partial charge on any atom is 0.416 e. The Morgan fingerprint density at radius 2 is 1.48 bits per heavy atom. The van der Waals surface area contributed by atoms with Crippen molar-refractivity contribution in [3.05, 3.63) is 65.2 Å². The molecule has 3 N–H and O–H groups in total. The third-order valence-corrected chi connectivity index (χ3v) is 5.16. The Hall–Kier alpha value is -3.08. The van der Waals surface area contributed by atoms with Gasteiger partial charge in [0.2, 0.25) is 5.96 Å². The van der Waals surface area contributed by atoms with Crippen molar-refractivity contribution in [2.75, 3.05) is 5.32 Å². The Labute approximate surface area is 185 Å². The van der Waals surface area contributed by atoms with E-state index >= 15 is 0 Å². The van der Waals surface area contributed by atoms with Crippen LogP contribution in [-0.2, 0) is 12.4 Å². The van der Waals surface area contributed by atoms with E-state index in [2.05, 4.69) is 15.6 Å². The molecule has 0 aliphatic heterocycles. The van der Waals surface area contributed by atoms with E-state index in [9.17, 15) is 36.2 Å². The first-order valence-electron chi connectivity index (χ1n) is 10.1. The number of aliphatic hydroxyl groups is 1. The van der Waals surface area contributed by atoms with Gasteiger partial charge in [0.25, 0.3) is 5.91 Å². The van der Waals surface area contributed by atoms with E-state index in [0.717, 1.165) is 36.4 Å². The fourth-order valence-corrected chi connectivity index (χ4v) is 3.39. The predicted octanol–water partition coefficient (Wildman–Crippen LogP) is 5.23. The van der Waals surface area contributed by atoms with Crippen LogP contribution in [0.1, 0.15) is 47.2 Å². The summed E-state index contributed by atoms with van der Waals surface area (Å²) >= 11 is 0. The number of benzene rings is 2. The van der Waals surface area contributed by atoms with E-state index in [1.54, 1.807) is 0 Å². The van der Waals surface area contributed by atoms with Crippen LogP contribution >= 0.6 is 0 Å². The van der Waals surface area contributed by atoms with Gasteiger partial charge in [-0.05, 0) is 68.1 Å².